The first-order chi connectivity index (χ1) is 19.7. The van der Waals surface area contributed by atoms with E-state index in [9.17, 15) is 24.5 Å². The molecular formula is C31H31N5O5. The molecule has 5 rings (SSSR count). The normalized spacial score (nSPS) is 15.0. The molecule has 0 unspecified atom stereocenters. The van der Waals surface area contributed by atoms with E-state index in [1.54, 1.807) is 13.0 Å². The standard InChI is InChI=1S/C31H31N5O5/c1-19(37)32-14-3-4-21-5-7-22(8-6-21)30(29-27-17-26(36(40)41)11-12-28(27)34-31(29)39)33-25-10-9-24-18-35(20(2)38)15-13-23(24)16-25/h5-12,16-17,33H,3-4,13-15,18H2,1-2H3,(H,32,37)(H,34,39). The van der Waals surface area contributed by atoms with E-state index in [4.69, 9.17) is 0 Å². The lowest BCUT2D eigenvalue weighted by molar-refractivity contribution is -0.384. The van der Waals surface area contributed by atoms with Crippen molar-refractivity contribution in [1.82, 2.24) is 10.2 Å². The predicted octanol–water partition coefficient (Wildman–Crippen LogP) is 4.50. The van der Waals surface area contributed by atoms with Gasteiger partial charge in [0.1, 0.15) is 0 Å². The molecule has 10 nitrogen and oxygen atoms in total. The molecule has 2 aliphatic heterocycles. The van der Waals surface area contributed by atoms with E-state index in [-0.39, 0.29) is 23.4 Å². The maximum atomic E-state index is 13.3. The molecule has 3 amide bonds. The Morgan fingerprint density at radius 3 is 2.51 bits per heavy atom. The predicted molar refractivity (Wildman–Crippen MR) is 157 cm³/mol. The second-order valence-corrected chi connectivity index (χ2v) is 10.3. The third-order valence-electron chi connectivity index (χ3n) is 7.40. The van der Waals surface area contributed by atoms with E-state index < -0.39 is 4.92 Å². The van der Waals surface area contributed by atoms with Gasteiger partial charge in [-0.2, -0.15) is 0 Å². The van der Waals surface area contributed by atoms with Crippen LogP contribution >= 0.6 is 0 Å². The van der Waals surface area contributed by atoms with Gasteiger partial charge in [-0.25, -0.2) is 0 Å². The van der Waals surface area contributed by atoms with Crippen LogP contribution in [0.2, 0.25) is 0 Å². The number of rotatable bonds is 8. The molecule has 2 aliphatic rings. The largest absolute Gasteiger partial charge is 0.356 e. The zero-order valence-electron chi connectivity index (χ0n) is 23.0. The van der Waals surface area contributed by atoms with Crippen molar-refractivity contribution < 1.29 is 19.3 Å². The third-order valence-corrected chi connectivity index (χ3v) is 7.40. The number of nitro groups is 1. The monoisotopic (exact) mass is 553 g/mol. The smallest absolute Gasteiger partial charge is 0.270 e. The minimum Gasteiger partial charge on any atom is -0.356 e. The average molecular weight is 554 g/mol. The fraction of sp³-hybridized carbons (Fsp3) is 0.258. The fourth-order valence-corrected chi connectivity index (χ4v) is 5.23. The molecule has 0 aromatic heterocycles. The molecule has 0 radical (unpaired) electrons. The Balaban J connectivity index is 1.51. The first kappa shape index (κ1) is 27.6. The van der Waals surface area contributed by atoms with E-state index in [0.29, 0.717) is 42.2 Å². The molecule has 0 saturated carbocycles. The van der Waals surface area contributed by atoms with Crippen molar-refractivity contribution in [1.29, 1.82) is 0 Å². The van der Waals surface area contributed by atoms with Crippen LogP contribution in [-0.2, 0) is 33.8 Å². The summed E-state index contributed by atoms with van der Waals surface area (Å²) in [4.78, 5) is 49.2. The minimum atomic E-state index is -0.475. The Morgan fingerprint density at radius 2 is 1.80 bits per heavy atom. The zero-order chi connectivity index (χ0) is 29.1. The highest BCUT2D eigenvalue weighted by Crippen LogP contribution is 2.39. The van der Waals surface area contributed by atoms with Crippen molar-refractivity contribution in [3.63, 3.8) is 0 Å². The van der Waals surface area contributed by atoms with Gasteiger partial charge in [-0.3, -0.25) is 24.5 Å². The van der Waals surface area contributed by atoms with Crippen molar-refractivity contribution >= 4 is 46.1 Å². The van der Waals surface area contributed by atoms with Gasteiger partial charge in [0.2, 0.25) is 11.8 Å². The first-order valence-corrected chi connectivity index (χ1v) is 13.5. The number of aryl methyl sites for hydroxylation is 1. The number of hydrogen-bond acceptors (Lipinski definition) is 6. The highest BCUT2D eigenvalue weighted by Gasteiger charge is 2.30. The number of nitrogens with zero attached hydrogens (tertiary/aromatic N) is 2. The van der Waals surface area contributed by atoms with Crippen LogP contribution in [0.4, 0.5) is 17.1 Å². The van der Waals surface area contributed by atoms with Crippen molar-refractivity contribution in [2.75, 3.05) is 23.7 Å². The van der Waals surface area contributed by atoms with Gasteiger partial charge in [-0.15, -0.1) is 0 Å². The molecule has 10 heteroatoms. The molecule has 2 heterocycles. The summed E-state index contributed by atoms with van der Waals surface area (Å²) in [6.07, 6.45) is 2.29. The van der Waals surface area contributed by atoms with E-state index in [1.807, 2.05) is 47.4 Å². The minimum absolute atomic E-state index is 0.0448. The molecule has 0 bridgehead atoms. The molecule has 0 fully saturated rings. The number of benzene rings is 3. The van der Waals surface area contributed by atoms with Crippen LogP contribution < -0.4 is 16.0 Å². The summed E-state index contributed by atoms with van der Waals surface area (Å²) in [5.74, 6) is -0.364. The lowest BCUT2D eigenvalue weighted by atomic mass is 9.96. The Morgan fingerprint density at radius 1 is 1.02 bits per heavy atom. The first-order valence-electron chi connectivity index (χ1n) is 13.5. The molecular weight excluding hydrogens is 522 g/mol. The van der Waals surface area contributed by atoms with Crippen molar-refractivity contribution in [3.05, 3.63) is 98.6 Å². The van der Waals surface area contributed by atoms with E-state index >= 15 is 0 Å². The van der Waals surface area contributed by atoms with E-state index in [2.05, 4.69) is 16.0 Å². The SMILES string of the molecule is CC(=O)NCCCc1ccc(C(Nc2ccc3c(c2)CCN(C(C)=O)C3)=C2C(=O)Nc3ccc([N+](=O)[O-])cc32)cc1. The maximum absolute atomic E-state index is 13.3. The average Bonchev–Trinajstić information content (AvgIpc) is 3.28. The van der Waals surface area contributed by atoms with E-state index in [1.165, 1.54) is 19.1 Å². The Kier molecular flexibility index (Phi) is 7.82. The summed E-state index contributed by atoms with van der Waals surface area (Å²) in [5, 5.41) is 20.6. The summed E-state index contributed by atoms with van der Waals surface area (Å²) in [6, 6.07) is 18.1. The molecule has 0 saturated heterocycles. The number of amides is 3. The number of nitro benzene ring substituents is 1. The second kappa shape index (κ2) is 11.6. The summed E-state index contributed by atoms with van der Waals surface area (Å²) in [6.45, 7) is 4.85. The summed E-state index contributed by atoms with van der Waals surface area (Å²) in [7, 11) is 0. The van der Waals surface area contributed by atoms with Gasteiger partial charge in [0.15, 0.2) is 0 Å². The van der Waals surface area contributed by atoms with Crippen molar-refractivity contribution in [2.24, 2.45) is 0 Å². The van der Waals surface area contributed by atoms with Crippen molar-refractivity contribution in [2.45, 2.75) is 39.7 Å². The quantitative estimate of drug-likeness (QED) is 0.163. The number of non-ortho nitro benzene ring substituents is 1. The number of nitrogens with one attached hydrogen (secondary N) is 3. The van der Waals surface area contributed by atoms with Gasteiger partial charge < -0.3 is 20.9 Å². The molecule has 0 aliphatic carbocycles. The topological polar surface area (TPSA) is 134 Å². The summed E-state index contributed by atoms with van der Waals surface area (Å²) in [5.41, 5.74) is 6.53. The highest BCUT2D eigenvalue weighted by molar-refractivity contribution is 6.37. The van der Waals surface area contributed by atoms with Crippen LogP contribution in [0.3, 0.4) is 0 Å². The molecule has 210 valence electrons. The van der Waals surface area contributed by atoms with Gasteiger partial charge in [-0.1, -0.05) is 30.3 Å². The number of hydrogen-bond donors (Lipinski definition) is 3. The summed E-state index contributed by atoms with van der Waals surface area (Å²) >= 11 is 0. The molecule has 41 heavy (non-hydrogen) atoms. The number of anilines is 2. The zero-order valence-corrected chi connectivity index (χ0v) is 23.0. The number of fused-ring (bicyclic) bond motifs is 2. The Hall–Kier alpha value is -4.99. The van der Waals surface area contributed by atoms with Gasteiger partial charge in [0.25, 0.3) is 11.6 Å². The lowest BCUT2D eigenvalue weighted by Gasteiger charge is -2.28. The Labute approximate surface area is 237 Å². The second-order valence-electron chi connectivity index (χ2n) is 10.3. The lowest BCUT2D eigenvalue weighted by Crippen LogP contribution is -2.34. The van der Waals surface area contributed by atoms with Crippen molar-refractivity contribution in [3.8, 4) is 0 Å². The van der Waals surface area contributed by atoms with Gasteiger partial charge in [-0.05, 0) is 59.7 Å². The molecule has 0 spiro atoms. The van der Waals surface area contributed by atoms with Crippen LogP contribution in [0.25, 0.3) is 11.3 Å². The van der Waals surface area contributed by atoms with Crippen LogP contribution in [-0.4, -0.2) is 40.6 Å². The molecule has 3 aromatic carbocycles. The highest BCUT2D eigenvalue weighted by atomic mass is 16.6. The summed E-state index contributed by atoms with van der Waals surface area (Å²) < 4.78 is 0. The number of carbonyl (C=O) groups excluding carboxylic acids is 3. The van der Waals surface area contributed by atoms with Crippen LogP contribution in [0.15, 0.2) is 60.7 Å². The molecule has 0 atom stereocenters. The maximum Gasteiger partial charge on any atom is 0.270 e. The third kappa shape index (κ3) is 6.11. The van der Waals surface area contributed by atoms with Crippen LogP contribution in [0.1, 0.15) is 48.1 Å². The Bertz CT molecular complexity index is 1580. The van der Waals surface area contributed by atoms with Gasteiger partial charge in [0, 0.05) is 62.6 Å². The molecule has 3 aromatic rings. The number of carbonyl (C=O) groups is 3. The van der Waals surface area contributed by atoms with E-state index in [0.717, 1.165) is 47.2 Å². The molecule has 3 N–H and O–H groups in total. The van der Waals surface area contributed by atoms with Gasteiger partial charge >= 0.3 is 0 Å². The van der Waals surface area contributed by atoms with Crippen LogP contribution in [0.5, 0.6) is 0 Å². The van der Waals surface area contributed by atoms with Gasteiger partial charge in [0.05, 0.1) is 16.2 Å². The van der Waals surface area contributed by atoms with Crippen LogP contribution in [0, 0.1) is 10.1 Å². The fourth-order valence-electron chi connectivity index (χ4n) is 5.23.